The molecule has 4 atom stereocenters. The quantitative estimate of drug-likeness (QED) is 0.149. The molecule has 40 heavy (non-hydrogen) atoms. The van der Waals surface area contributed by atoms with Crippen LogP contribution in [0.25, 0.3) is 0 Å². The number of rotatable bonds is 12. The number of hydrogen-bond acceptors (Lipinski definition) is 8. The largest absolute Gasteiger partial charge is 0.467 e. The normalized spacial score (nSPS) is 13.8. The van der Waals surface area contributed by atoms with Gasteiger partial charge in [0.15, 0.2) is 0 Å². The molecule has 0 aliphatic heterocycles. The summed E-state index contributed by atoms with van der Waals surface area (Å²) in [7, 11) is 1.10. The second kappa shape index (κ2) is 13.9. The van der Waals surface area contributed by atoms with Crippen molar-refractivity contribution in [1.82, 2.24) is 10.6 Å². The molecule has 0 saturated carbocycles. The molecule has 11 nitrogen and oxygen atoms in total. The summed E-state index contributed by atoms with van der Waals surface area (Å²) >= 11 is 0. The predicted molar refractivity (Wildman–Crippen MR) is 142 cm³/mol. The van der Waals surface area contributed by atoms with Crippen molar-refractivity contribution < 1.29 is 33.5 Å². The molecular weight excluding hydrogens is 523 g/mol. The fraction of sp³-hybridized carbons (Fsp3) is 0.250. The average Bonchev–Trinajstić information content (AvgIpc) is 2.96. The number of esters is 1. The Bertz CT molecular complexity index is 1340. The third-order valence-electron chi connectivity index (χ3n) is 6.15. The van der Waals surface area contributed by atoms with Gasteiger partial charge in [-0.25, -0.2) is 4.79 Å². The van der Waals surface area contributed by atoms with Gasteiger partial charge in [-0.15, -0.1) is 0 Å². The average molecular weight is 553 g/mol. The van der Waals surface area contributed by atoms with Crippen molar-refractivity contribution >= 4 is 23.5 Å². The van der Waals surface area contributed by atoms with Crippen molar-refractivity contribution in [3.05, 3.63) is 111 Å². The minimum Gasteiger partial charge on any atom is -0.467 e. The number of amides is 2. The van der Waals surface area contributed by atoms with Crippen LogP contribution in [-0.4, -0.2) is 53.0 Å². The van der Waals surface area contributed by atoms with Crippen molar-refractivity contribution in [2.45, 2.75) is 37.1 Å². The lowest BCUT2D eigenvalue weighted by Crippen LogP contribution is -2.56. The van der Waals surface area contributed by atoms with Crippen LogP contribution in [0.1, 0.15) is 22.8 Å². The molecular formula is C28H29FN4O7. The van der Waals surface area contributed by atoms with E-state index in [-0.39, 0.29) is 18.4 Å². The number of methoxy groups -OCH3 is 1. The molecule has 3 aromatic carbocycles. The van der Waals surface area contributed by atoms with Gasteiger partial charge in [0.1, 0.15) is 24.2 Å². The lowest BCUT2D eigenvalue weighted by Gasteiger charge is -2.25. The van der Waals surface area contributed by atoms with Gasteiger partial charge in [-0.3, -0.25) is 19.7 Å². The van der Waals surface area contributed by atoms with Crippen molar-refractivity contribution in [2.24, 2.45) is 5.73 Å². The van der Waals surface area contributed by atoms with Gasteiger partial charge in [-0.1, -0.05) is 66.7 Å². The standard InChI is InChI=1S/C28H29FN4O7/c1-40-28(37)22(15-18-12-13-20(29)23(16-18)33(38)39)32-26(35)21(14-17-8-4-2-5-9-17)31-27(36)24(30)25(34)19-10-6-3-7-11-19/h2-13,16,21-22,24-25,34H,14-15,30H2,1H3,(H,31,36)(H,32,35)/t21-,22-,24-,25+/m0/s1. The molecule has 0 aliphatic rings. The van der Waals surface area contributed by atoms with Crippen LogP contribution in [0.5, 0.6) is 0 Å². The van der Waals surface area contributed by atoms with Crippen LogP contribution in [-0.2, 0) is 32.0 Å². The summed E-state index contributed by atoms with van der Waals surface area (Å²) in [4.78, 5) is 49.1. The van der Waals surface area contributed by atoms with Crippen LogP contribution in [0.2, 0.25) is 0 Å². The number of ether oxygens (including phenoxy) is 1. The first-order valence-electron chi connectivity index (χ1n) is 12.2. The minimum atomic E-state index is -1.41. The molecule has 3 rings (SSSR count). The molecule has 0 spiro atoms. The number of halogens is 1. The van der Waals surface area contributed by atoms with E-state index in [1.165, 1.54) is 6.07 Å². The summed E-state index contributed by atoms with van der Waals surface area (Å²) in [5.41, 5.74) is 6.51. The zero-order chi connectivity index (χ0) is 29.2. The molecule has 0 saturated heterocycles. The molecule has 2 amide bonds. The highest BCUT2D eigenvalue weighted by atomic mass is 19.1. The summed E-state index contributed by atoms with van der Waals surface area (Å²) in [5.74, 6) is -3.49. The number of carbonyl (C=O) groups is 3. The second-order valence-corrected chi connectivity index (χ2v) is 8.96. The van der Waals surface area contributed by atoms with E-state index in [9.17, 15) is 34.0 Å². The predicted octanol–water partition coefficient (Wildman–Crippen LogP) is 1.72. The van der Waals surface area contributed by atoms with Crippen LogP contribution in [0.4, 0.5) is 10.1 Å². The van der Waals surface area contributed by atoms with Gasteiger partial charge in [0, 0.05) is 18.9 Å². The Morgan fingerprint density at radius 2 is 1.50 bits per heavy atom. The minimum absolute atomic E-state index is 0.0163. The number of hydrogen-bond donors (Lipinski definition) is 4. The Morgan fingerprint density at radius 3 is 2.10 bits per heavy atom. The second-order valence-electron chi connectivity index (χ2n) is 8.96. The highest BCUT2D eigenvalue weighted by Gasteiger charge is 2.31. The number of nitrogens with zero attached hydrogens (tertiary/aromatic N) is 1. The number of nitro benzene ring substituents is 1. The zero-order valence-electron chi connectivity index (χ0n) is 21.5. The first-order valence-corrected chi connectivity index (χ1v) is 12.2. The van der Waals surface area contributed by atoms with Gasteiger partial charge in [0.25, 0.3) is 0 Å². The van der Waals surface area contributed by atoms with Crippen LogP contribution in [0.3, 0.4) is 0 Å². The first-order chi connectivity index (χ1) is 19.1. The number of aliphatic hydroxyl groups is 1. The lowest BCUT2D eigenvalue weighted by atomic mass is 10.00. The third-order valence-corrected chi connectivity index (χ3v) is 6.15. The van der Waals surface area contributed by atoms with Crippen molar-refractivity contribution in [1.29, 1.82) is 0 Å². The number of nitrogens with one attached hydrogen (secondary N) is 2. The maximum atomic E-state index is 13.8. The van der Waals surface area contributed by atoms with Crippen molar-refractivity contribution in [3.8, 4) is 0 Å². The number of aliphatic hydroxyl groups excluding tert-OH is 1. The van der Waals surface area contributed by atoms with Crippen LogP contribution >= 0.6 is 0 Å². The molecule has 3 aromatic rings. The summed E-state index contributed by atoms with van der Waals surface area (Å²) in [6.07, 6.45) is -1.58. The highest BCUT2D eigenvalue weighted by Crippen LogP contribution is 2.20. The van der Waals surface area contributed by atoms with Gasteiger partial charge in [-0.05, 0) is 22.8 Å². The van der Waals surface area contributed by atoms with E-state index in [4.69, 9.17) is 10.5 Å². The van der Waals surface area contributed by atoms with E-state index in [1.807, 2.05) is 0 Å². The van der Waals surface area contributed by atoms with Crippen LogP contribution in [0, 0.1) is 15.9 Å². The zero-order valence-corrected chi connectivity index (χ0v) is 21.5. The van der Waals surface area contributed by atoms with Gasteiger partial charge < -0.3 is 26.2 Å². The SMILES string of the molecule is COC(=O)[C@H](Cc1ccc(F)c([N+](=O)[O-])c1)NC(=O)[C@H](Cc1ccccc1)NC(=O)[C@@H](N)[C@H](O)c1ccccc1. The molecule has 210 valence electrons. The van der Waals surface area contributed by atoms with Gasteiger partial charge in [-0.2, -0.15) is 4.39 Å². The number of carbonyl (C=O) groups excluding carboxylic acids is 3. The maximum absolute atomic E-state index is 13.8. The third kappa shape index (κ3) is 7.91. The number of nitrogens with two attached hydrogens (primary N) is 1. The molecule has 0 aromatic heterocycles. The molecule has 0 aliphatic carbocycles. The topological polar surface area (TPSA) is 174 Å². The maximum Gasteiger partial charge on any atom is 0.328 e. The molecule has 0 bridgehead atoms. The Balaban J connectivity index is 1.82. The van der Waals surface area contributed by atoms with Gasteiger partial charge >= 0.3 is 11.7 Å². The first kappa shape index (κ1) is 29.9. The van der Waals surface area contributed by atoms with Gasteiger partial charge in [0.2, 0.25) is 17.6 Å². The summed E-state index contributed by atoms with van der Waals surface area (Å²) in [6.45, 7) is 0. The summed E-state index contributed by atoms with van der Waals surface area (Å²) in [6, 6.07) is 16.2. The van der Waals surface area contributed by atoms with E-state index in [0.29, 0.717) is 11.1 Å². The van der Waals surface area contributed by atoms with E-state index in [0.717, 1.165) is 19.2 Å². The van der Waals surface area contributed by atoms with Crippen molar-refractivity contribution in [2.75, 3.05) is 7.11 Å². The van der Waals surface area contributed by atoms with E-state index < -0.39 is 58.4 Å². The molecule has 0 heterocycles. The Hall–Kier alpha value is -4.68. The van der Waals surface area contributed by atoms with Crippen LogP contribution in [0.15, 0.2) is 78.9 Å². The van der Waals surface area contributed by atoms with Gasteiger partial charge in [0.05, 0.1) is 12.0 Å². The Morgan fingerprint density at radius 1 is 0.925 bits per heavy atom. The lowest BCUT2D eigenvalue weighted by molar-refractivity contribution is -0.387. The molecule has 12 heteroatoms. The smallest absolute Gasteiger partial charge is 0.328 e. The Labute approximate surface area is 229 Å². The molecule has 0 unspecified atom stereocenters. The summed E-state index contributed by atoms with van der Waals surface area (Å²) in [5, 5.41) is 26.8. The van der Waals surface area contributed by atoms with Crippen molar-refractivity contribution in [3.63, 3.8) is 0 Å². The fourth-order valence-electron chi connectivity index (χ4n) is 4.00. The van der Waals surface area contributed by atoms with E-state index in [1.54, 1.807) is 60.7 Å². The van der Waals surface area contributed by atoms with E-state index >= 15 is 0 Å². The molecule has 5 N–H and O–H groups in total. The molecule has 0 radical (unpaired) electrons. The number of benzene rings is 3. The fourth-order valence-corrected chi connectivity index (χ4v) is 4.00. The highest BCUT2D eigenvalue weighted by molar-refractivity contribution is 5.92. The molecule has 0 fully saturated rings. The summed E-state index contributed by atoms with van der Waals surface area (Å²) < 4.78 is 18.6. The van der Waals surface area contributed by atoms with Crippen LogP contribution < -0.4 is 16.4 Å². The van der Waals surface area contributed by atoms with E-state index in [2.05, 4.69) is 10.6 Å². The Kier molecular flexibility index (Phi) is 10.4. The monoisotopic (exact) mass is 552 g/mol. The number of nitro groups is 1.